The van der Waals surface area contributed by atoms with Crippen LogP contribution in [0.15, 0.2) is 107 Å². The van der Waals surface area contributed by atoms with E-state index in [0.717, 1.165) is 28.1 Å². The fraction of sp³-hybridized carbons (Fsp3) is 0.161. The first-order valence-corrected chi connectivity index (χ1v) is 12.0. The normalized spacial score (nSPS) is 14.1. The van der Waals surface area contributed by atoms with E-state index in [-0.39, 0.29) is 11.8 Å². The van der Waals surface area contributed by atoms with Crippen LogP contribution in [0.25, 0.3) is 6.08 Å². The molecule has 36 heavy (non-hydrogen) atoms. The highest BCUT2D eigenvalue weighted by Gasteiger charge is 2.34. The number of carbonyl (C=O) groups is 2. The van der Waals surface area contributed by atoms with Gasteiger partial charge in [0, 0.05) is 39.8 Å². The van der Waals surface area contributed by atoms with Gasteiger partial charge in [-0.05, 0) is 56.5 Å². The zero-order valence-corrected chi connectivity index (χ0v) is 21.1. The summed E-state index contributed by atoms with van der Waals surface area (Å²) in [6.07, 6.45) is 3.89. The van der Waals surface area contributed by atoms with E-state index in [4.69, 9.17) is 0 Å². The van der Waals surface area contributed by atoms with Crippen LogP contribution >= 0.6 is 0 Å². The zero-order valence-electron chi connectivity index (χ0n) is 21.1. The first-order valence-electron chi connectivity index (χ1n) is 12.0. The quantitative estimate of drug-likeness (QED) is 0.387. The average molecular weight is 478 g/mol. The average Bonchev–Trinajstić information content (AvgIpc) is 2.85. The number of anilines is 2. The molecule has 0 saturated heterocycles. The third-order valence-electron chi connectivity index (χ3n) is 6.36. The predicted molar refractivity (Wildman–Crippen MR) is 147 cm³/mol. The van der Waals surface area contributed by atoms with Gasteiger partial charge in [-0.3, -0.25) is 9.59 Å². The fourth-order valence-electron chi connectivity index (χ4n) is 4.42. The molecular formula is C31H31N3O2. The van der Waals surface area contributed by atoms with E-state index in [0.29, 0.717) is 22.5 Å². The molecule has 3 aromatic rings. The van der Waals surface area contributed by atoms with Gasteiger partial charge in [0.2, 0.25) is 0 Å². The van der Waals surface area contributed by atoms with Crippen LogP contribution in [0, 0.1) is 19.8 Å². The molecule has 0 atom stereocenters. The largest absolute Gasteiger partial charge is 0.362 e. The number of benzene rings is 3. The minimum absolute atomic E-state index is 0.245. The molecule has 1 heterocycles. The van der Waals surface area contributed by atoms with Crippen LogP contribution in [0.4, 0.5) is 11.4 Å². The smallest absolute Gasteiger partial charge is 0.254 e. The van der Waals surface area contributed by atoms with Gasteiger partial charge in [-0.2, -0.15) is 0 Å². The number of hydrogen-bond acceptors (Lipinski definition) is 3. The Kier molecular flexibility index (Phi) is 7.50. The topological polar surface area (TPSA) is 70.2 Å². The van der Waals surface area contributed by atoms with Gasteiger partial charge in [0.25, 0.3) is 11.8 Å². The van der Waals surface area contributed by atoms with Gasteiger partial charge >= 0.3 is 0 Å². The molecule has 1 aliphatic heterocycles. The number of rotatable bonds is 6. The van der Waals surface area contributed by atoms with Gasteiger partial charge in [0.05, 0.1) is 0 Å². The fourth-order valence-corrected chi connectivity index (χ4v) is 4.42. The first kappa shape index (κ1) is 24.7. The summed E-state index contributed by atoms with van der Waals surface area (Å²) in [5, 5.41) is 9.37. The SMILES string of the molecule is CC1=C(C(=O)Nc2ccccc2C)C(/C=C/c2ccccc2)C(C(=O)Nc2ccccc2C)=C(C)N1. The number of hydrogen-bond donors (Lipinski definition) is 3. The van der Waals surface area contributed by atoms with Crippen molar-refractivity contribution in [2.75, 3.05) is 10.6 Å². The summed E-state index contributed by atoms with van der Waals surface area (Å²) in [6.45, 7) is 7.65. The molecule has 5 nitrogen and oxygen atoms in total. The summed E-state index contributed by atoms with van der Waals surface area (Å²) in [7, 11) is 0. The molecule has 2 amide bonds. The minimum atomic E-state index is -0.542. The lowest BCUT2D eigenvalue weighted by molar-refractivity contribution is -0.113. The molecular weight excluding hydrogens is 446 g/mol. The Morgan fingerprint density at radius 1 is 0.667 bits per heavy atom. The van der Waals surface area contributed by atoms with Crippen LogP contribution in [0.2, 0.25) is 0 Å². The molecule has 0 spiro atoms. The maximum Gasteiger partial charge on any atom is 0.254 e. The van der Waals surface area contributed by atoms with Gasteiger partial charge in [-0.1, -0.05) is 78.9 Å². The molecule has 5 heteroatoms. The molecule has 0 aromatic heterocycles. The lowest BCUT2D eigenvalue weighted by Crippen LogP contribution is -2.35. The van der Waals surface area contributed by atoms with E-state index in [1.807, 2.05) is 119 Å². The van der Waals surface area contributed by atoms with Crippen molar-refractivity contribution in [2.45, 2.75) is 27.7 Å². The third-order valence-corrected chi connectivity index (χ3v) is 6.36. The molecule has 0 bridgehead atoms. The molecule has 0 fully saturated rings. The van der Waals surface area contributed by atoms with Crippen molar-refractivity contribution in [3.05, 3.63) is 124 Å². The van der Waals surface area contributed by atoms with E-state index >= 15 is 0 Å². The minimum Gasteiger partial charge on any atom is -0.362 e. The van der Waals surface area contributed by atoms with Gasteiger partial charge in [-0.25, -0.2) is 0 Å². The van der Waals surface area contributed by atoms with E-state index < -0.39 is 5.92 Å². The Hall–Kier alpha value is -4.38. The van der Waals surface area contributed by atoms with E-state index in [1.165, 1.54) is 0 Å². The summed E-state index contributed by atoms with van der Waals surface area (Å²) in [4.78, 5) is 27.3. The number of amides is 2. The molecule has 0 aliphatic carbocycles. The maximum absolute atomic E-state index is 13.6. The summed E-state index contributed by atoms with van der Waals surface area (Å²) in [6, 6.07) is 25.2. The van der Waals surface area contributed by atoms with Gasteiger partial charge in [-0.15, -0.1) is 0 Å². The lowest BCUT2D eigenvalue weighted by Gasteiger charge is -2.29. The Morgan fingerprint density at radius 3 is 1.58 bits per heavy atom. The molecule has 0 unspecified atom stereocenters. The number of allylic oxidation sites excluding steroid dienone is 3. The molecule has 3 N–H and O–H groups in total. The van der Waals surface area contributed by atoms with Crippen LogP contribution in [0.5, 0.6) is 0 Å². The molecule has 1 aliphatic rings. The van der Waals surface area contributed by atoms with Gasteiger partial charge in [0.1, 0.15) is 0 Å². The molecule has 4 rings (SSSR count). The Balaban J connectivity index is 1.73. The van der Waals surface area contributed by atoms with Crippen LogP contribution in [0.1, 0.15) is 30.5 Å². The predicted octanol–water partition coefficient (Wildman–Crippen LogP) is 6.36. The van der Waals surface area contributed by atoms with E-state index in [9.17, 15) is 9.59 Å². The zero-order chi connectivity index (χ0) is 25.7. The Morgan fingerprint density at radius 2 is 1.11 bits per heavy atom. The van der Waals surface area contributed by atoms with Crippen molar-refractivity contribution in [2.24, 2.45) is 5.92 Å². The summed E-state index contributed by atoms with van der Waals surface area (Å²) < 4.78 is 0. The van der Waals surface area contributed by atoms with Crippen molar-refractivity contribution < 1.29 is 9.59 Å². The highest BCUT2D eigenvalue weighted by atomic mass is 16.2. The first-order chi connectivity index (χ1) is 17.3. The molecule has 182 valence electrons. The molecule has 0 radical (unpaired) electrons. The highest BCUT2D eigenvalue weighted by Crippen LogP contribution is 2.33. The summed E-state index contributed by atoms with van der Waals surface area (Å²) in [5.41, 5.74) is 6.85. The summed E-state index contributed by atoms with van der Waals surface area (Å²) in [5.74, 6) is -1.03. The van der Waals surface area contributed by atoms with E-state index in [2.05, 4.69) is 16.0 Å². The molecule has 3 aromatic carbocycles. The third kappa shape index (κ3) is 5.47. The molecule has 0 saturated carbocycles. The van der Waals surface area contributed by atoms with Crippen molar-refractivity contribution in [1.82, 2.24) is 5.32 Å². The number of para-hydroxylation sites is 2. The Labute approximate surface area is 212 Å². The lowest BCUT2D eigenvalue weighted by atomic mass is 9.83. The van der Waals surface area contributed by atoms with Gasteiger partial charge < -0.3 is 16.0 Å². The van der Waals surface area contributed by atoms with E-state index in [1.54, 1.807) is 0 Å². The van der Waals surface area contributed by atoms with Crippen LogP contribution in [0.3, 0.4) is 0 Å². The number of nitrogens with one attached hydrogen (secondary N) is 3. The van der Waals surface area contributed by atoms with Crippen LogP contribution < -0.4 is 16.0 Å². The van der Waals surface area contributed by atoms with Crippen molar-refractivity contribution in [3.63, 3.8) is 0 Å². The highest BCUT2D eigenvalue weighted by molar-refractivity contribution is 6.11. The second-order valence-corrected chi connectivity index (χ2v) is 8.99. The second-order valence-electron chi connectivity index (χ2n) is 8.99. The van der Waals surface area contributed by atoms with Crippen molar-refractivity contribution in [3.8, 4) is 0 Å². The number of dihydropyridines is 1. The number of aryl methyl sites for hydroxylation is 2. The summed E-state index contributed by atoms with van der Waals surface area (Å²) >= 11 is 0. The monoisotopic (exact) mass is 477 g/mol. The van der Waals surface area contributed by atoms with Crippen molar-refractivity contribution >= 4 is 29.3 Å². The maximum atomic E-state index is 13.6. The van der Waals surface area contributed by atoms with Crippen LogP contribution in [-0.4, -0.2) is 11.8 Å². The van der Waals surface area contributed by atoms with Gasteiger partial charge in [0.15, 0.2) is 0 Å². The second kappa shape index (κ2) is 10.9. The standard InChI is InChI=1S/C31H31N3O2/c1-20-12-8-10-16-26(20)33-30(35)28-22(3)32-23(4)29(25(28)19-18-24-14-6-5-7-15-24)31(36)34-27-17-11-9-13-21(27)2/h5-19,25,32H,1-4H3,(H,33,35)(H,34,36)/b19-18+. The van der Waals surface area contributed by atoms with Crippen LogP contribution in [-0.2, 0) is 9.59 Å². The van der Waals surface area contributed by atoms with Crippen molar-refractivity contribution in [1.29, 1.82) is 0 Å². The Bertz CT molecular complexity index is 1300. The number of carbonyl (C=O) groups excluding carboxylic acids is 2.